The number of hydrogen-bond acceptors (Lipinski definition) is 4. The monoisotopic (exact) mass is 275 g/mol. The minimum atomic E-state index is 0.173. The Morgan fingerprint density at radius 1 is 1.32 bits per heavy atom. The van der Waals surface area contributed by atoms with Crippen molar-refractivity contribution in [2.75, 3.05) is 5.43 Å². The first kappa shape index (κ1) is 13.4. The van der Waals surface area contributed by atoms with Crippen LogP contribution in [0.2, 0.25) is 5.02 Å². The number of nitrogens with one attached hydrogen (secondary N) is 1. The lowest BCUT2D eigenvalue weighted by molar-refractivity contribution is 0.470. The van der Waals surface area contributed by atoms with Crippen molar-refractivity contribution >= 4 is 23.6 Å². The summed E-state index contributed by atoms with van der Waals surface area (Å²) < 4.78 is 0. The average Bonchev–Trinajstić information content (AvgIpc) is 2.37. The maximum atomic E-state index is 9.86. The Morgan fingerprint density at radius 3 is 2.79 bits per heavy atom. The molecular weight excluding hydrogens is 262 g/mol. The van der Waals surface area contributed by atoms with Crippen LogP contribution in [0.1, 0.15) is 16.7 Å². The van der Waals surface area contributed by atoms with Crippen molar-refractivity contribution in [3.8, 4) is 5.75 Å². The summed E-state index contributed by atoms with van der Waals surface area (Å²) in [7, 11) is 0. The number of phenolic OH excluding ortho intramolecular Hbond substituents is 1. The van der Waals surface area contributed by atoms with Gasteiger partial charge in [-0.05, 0) is 43.2 Å². The van der Waals surface area contributed by atoms with Crippen molar-refractivity contribution in [2.24, 2.45) is 5.10 Å². The van der Waals surface area contributed by atoms with Gasteiger partial charge in [-0.25, -0.2) is 4.98 Å². The van der Waals surface area contributed by atoms with Gasteiger partial charge in [-0.2, -0.15) is 5.10 Å². The molecule has 1 aromatic carbocycles. The smallest absolute Gasteiger partial charge is 0.146 e. The van der Waals surface area contributed by atoms with Crippen LogP contribution < -0.4 is 5.43 Å². The van der Waals surface area contributed by atoms with Crippen LogP contribution in [0.15, 0.2) is 35.6 Å². The molecule has 0 amide bonds. The third-order valence-corrected chi connectivity index (χ3v) is 2.81. The number of aromatic nitrogens is 1. The largest absolute Gasteiger partial charge is 0.507 e. The molecule has 0 aliphatic carbocycles. The molecule has 4 nitrogen and oxygen atoms in total. The van der Waals surface area contributed by atoms with E-state index in [1.807, 2.05) is 19.1 Å². The molecule has 0 atom stereocenters. The molecule has 19 heavy (non-hydrogen) atoms. The molecule has 0 saturated heterocycles. The predicted octanol–water partition coefficient (Wildman–Crippen LogP) is 3.50. The quantitative estimate of drug-likeness (QED) is 0.666. The maximum Gasteiger partial charge on any atom is 0.146 e. The van der Waals surface area contributed by atoms with E-state index in [4.69, 9.17) is 11.6 Å². The van der Waals surface area contributed by atoms with E-state index in [-0.39, 0.29) is 5.75 Å². The molecule has 0 unspecified atom stereocenters. The van der Waals surface area contributed by atoms with E-state index in [9.17, 15) is 5.11 Å². The summed E-state index contributed by atoms with van der Waals surface area (Å²) in [6.07, 6.45) is 3.26. The number of nitrogens with zero attached hydrogens (tertiary/aromatic N) is 2. The van der Waals surface area contributed by atoms with Crippen molar-refractivity contribution in [1.29, 1.82) is 0 Å². The van der Waals surface area contributed by atoms with Crippen molar-refractivity contribution in [2.45, 2.75) is 13.8 Å². The molecule has 0 fully saturated rings. The molecule has 0 bridgehead atoms. The molecule has 98 valence electrons. The lowest BCUT2D eigenvalue weighted by Crippen LogP contribution is -1.94. The normalized spacial score (nSPS) is 10.9. The number of aryl methyl sites for hydroxylation is 2. The van der Waals surface area contributed by atoms with Gasteiger partial charge in [-0.15, -0.1) is 0 Å². The SMILES string of the molecule is Cc1ccc(N/N=C/c2cc(Cl)cc(C)c2O)nc1. The zero-order valence-corrected chi connectivity index (χ0v) is 11.4. The van der Waals surface area contributed by atoms with Crippen LogP contribution in [0.4, 0.5) is 5.82 Å². The molecule has 0 aliphatic rings. The van der Waals surface area contributed by atoms with Crippen molar-refractivity contribution in [1.82, 2.24) is 4.98 Å². The zero-order valence-electron chi connectivity index (χ0n) is 10.7. The second-order valence-corrected chi connectivity index (χ2v) is 4.69. The number of hydrogen-bond donors (Lipinski definition) is 2. The Kier molecular flexibility index (Phi) is 4.02. The van der Waals surface area contributed by atoms with Gasteiger partial charge in [0.2, 0.25) is 0 Å². The number of pyridine rings is 1. The maximum absolute atomic E-state index is 9.86. The van der Waals surface area contributed by atoms with E-state index in [1.54, 1.807) is 25.3 Å². The summed E-state index contributed by atoms with van der Waals surface area (Å²) in [5.74, 6) is 0.812. The Hall–Kier alpha value is -2.07. The number of halogens is 1. The Labute approximate surface area is 116 Å². The third-order valence-electron chi connectivity index (χ3n) is 2.59. The van der Waals surface area contributed by atoms with Crippen molar-refractivity contribution in [3.05, 3.63) is 52.2 Å². The minimum absolute atomic E-state index is 0.173. The van der Waals surface area contributed by atoms with E-state index >= 15 is 0 Å². The van der Waals surface area contributed by atoms with Crippen LogP contribution in [-0.2, 0) is 0 Å². The molecule has 2 N–H and O–H groups in total. The van der Waals surface area contributed by atoms with E-state index in [0.717, 1.165) is 5.56 Å². The first-order chi connectivity index (χ1) is 9.06. The highest BCUT2D eigenvalue weighted by atomic mass is 35.5. The van der Waals surface area contributed by atoms with Crippen LogP contribution in [0.5, 0.6) is 5.75 Å². The van der Waals surface area contributed by atoms with Gasteiger partial charge >= 0.3 is 0 Å². The van der Waals surface area contributed by atoms with Gasteiger partial charge in [0.1, 0.15) is 11.6 Å². The van der Waals surface area contributed by atoms with E-state index in [0.29, 0.717) is 22.0 Å². The second-order valence-electron chi connectivity index (χ2n) is 4.25. The van der Waals surface area contributed by atoms with Crippen molar-refractivity contribution < 1.29 is 5.11 Å². The highest BCUT2D eigenvalue weighted by Gasteiger charge is 2.03. The van der Waals surface area contributed by atoms with E-state index in [1.165, 1.54) is 6.21 Å². The molecular formula is C14H14ClN3O. The fourth-order valence-electron chi connectivity index (χ4n) is 1.56. The number of phenols is 1. The minimum Gasteiger partial charge on any atom is -0.507 e. The van der Waals surface area contributed by atoms with Gasteiger partial charge < -0.3 is 5.11 Å². The fraction of sp³-hybridized carbons (Fsp3) is 0.143. The van der Waals surface area contributed by atoms with Gasteiger partial charge in [-0.1, -0.05) is 17.7 Å². The molecule has 1 heterocycles. The molecule has 1 aromatic heterocycles. The van der Waals surface area contributed by atoms with Crippen LogP contribution in [-0.4, -0.2) is 16.3 Å². The first-order valence-electron chi connectivity index (χ1n) is 5.77. The molecule has 0 aliphatic heterocycles. The zero-order chi connectivity index (χ0) is 13.8. The molecule has 2 rings (SSSR count). The van der Waals surface area contributed by atoms with Gasteiger partial charge in [0.05, 0.1) is 6.21 Å². The Bertz CT molecular complexity index is 609. The summed E-state index contributed by atoms with van der Waals surface area (Å²) in [4.78, 5) is 4.15. The second kappa shape index (κ2) is 5.71. The number of hydrazone groups is 1. The van der Waals surface area contributed by atoms with Gasteiger partial charge in [0, 0.05) is 16.8 Å². The summed E-state index contributed by atoms with van der Waals surface area (Å²) in [6, 6.07) is 7.11. The predicted molar refractivity (Wildman–Crippen MR) is 78.0 cm³/mol. The number of benzene rings is 1. The lowest BCUT2D eigenvalue weighted by atomic mass is 10.1. The Balaban J connectivity index is 2.13. The van der Waals surface area contributed by atoms with E-state index in [2.05, 4.69) is 15.5 Å². The first-order valence-corrected chi connectivity index (χ1v) is 6.15. The van der Waals surface area contributed by atoms with Gasteiger partial charge in [-0.3, -0.25) is 5.43 Å². The van der Waals surface area contributed by atoms with Crippen molar-refractivity contribution in [3.63, 3.8) is 0 Å². The molecule has 0 spiro atoms. The van der Waals surface area contributed by atoms with Crippen LogP contribution in [0, 0.1) is 13.8 Å². The molecule has 2 aromatic rings. The van der Waals surface area contributed by atoms with Crippen LogP contribution >= 0.6 is 11.6 Å². The molecule has 5 heteroatoms. The topological polar surface area (TPSA) is 57.5 Å². The average molecular weight is 276 g/mol. The Morgan fingerprint density at radius 2 is 2.11 bits per heavy atom. The summed E-state index contributed by atoms with van der Waals surface area (Å²) in [5, 5.41) is 14.5. The highest BCUT2D eigenvalue weighted by molar-refractivity contribution is 6.31. The summed E-state index contributed by atoms with van der Waals surface area (Å²) >= 11 is 5.93. The molecule has 0 radical (unpaired) electrons. The van der Waals surface area contributed by atoms with Crippen LogP contribution in [0.3, 0.4) is 0 Å². The highest BCUT2D eigenvalue weighted by Crippen LogP contribution is 2.24. The fourth-order valence-corrected chi connectivity index (χ4v) is 1.84. The summed E-state index contributed by atoms with van der Waals surface area (Å²) in [6.45, 7) is 3.75. The van der Waals surface area contributed by atoms with E-state index < -0.39 is 0 Å². The summed E-state index contributed by atoms with van der Waals surface area (Å²) in [5.41, 5.74) is 5.14. The lowest BCUT2D eigenvalue weighted by Gasteiger charge is -2.04. The number of anilines is 1. The van der Waals surface area contributed by atoms with Crippen LogP contribution in [0.25, 0.3) is 0 Å². The van der Waals surface area contributed by atoms with Gasteiger partial charge in [0.15, 0.2) is 0 Å². The molecule has 0 saturated carbocycles. The number of rotatable bonds is 3. The van der Waals surface area contributed by atoms with Gasteiger partial charge in [0.25, 0.3) is 0 Å². The third kappa shape index (κ3) is 3.45. The standard InChI is InChI=1S/C14H14ClN3O/c1-9-3-4-13(16-7-9)18-17-8-11-6-12(15)5-10(2)14(11)19/h3-8,19H,1-2H3,(H,16,18)/b17-8+. The number of aromatic hydroxyl groups is 1.